The Kier molecular flexibility index (Phi) is 11.3. The summed E-state index contributed by atoms with van der Waals surface area (Å²) in [5.41, 5.74) is 6.34. The van der Waals surface area contributed by atoms with Crippen LogP contribution in [0.15, 0.2) is 69.6 Å². The molecule has 1 aliphatic rings. The van der Waals surface area contributed by atoms with Crippen LogP contribution in [0.5, 0.6) is 23.0 Å². The molecule has 11 heteroatoms. The van der Waals surface area contributed by atoms with Crippen LogP contribution in [0.1, 0.15) is 53.3 Å². The lowest BCUT2D eigenvalue weighted by Crippen LogP contribution is -2.40. The monoisotopic (exact) mass is 686 g/mol. The molecule has 0 amide bonds. The second-order valence-corrected chi connectivity index (χ2v) is 12.6. The van der Waals surface area contributed by atoms with E-state index < -0.39 is 12.0 Å². The van der Waals surface area contributed by atoms with Crippen LogP contribution >= 0.6 is 11.3 Å². The topological polar surface area (TPSA) is 107 Å². The summed E-state index contributed by atoms with van der Waals surface area (Å²) in [4.78, 5) is 33.0. The number of carbonyl (C=O) groups is 1. The molecule has 2 heterocycles. The van der Waals surface area contributed by atoms with Crippen LogP contribution in [0.25, 0.3) is 6.08 Å². The number of allylic oxidation sites excluding steroid dienone is 1. The van der Waals surface area contributed by atoms with Crippen LogP contribution in [0, 0.1) is 20.8 Å². The van der Waals surface area contributed by atoms with E-state index in [1.54, 1.807) is 39.4 Å². The van der Waals surface area contributed by atoms with Crippen molar-refractivity contribution in [2.45, 2.75) is 47.3 Å². The molecule has 4 aromatic rings. The van der Waals surface area contributed by atoms with Crippen LogP contribution in [-0.4, -0.2) is 51.7 Å². The van der Waals surface area contributed by atoms with Gasteiger partial charge >= 0.3 is 5.97 Å². The Hall–Kier alpha value is -4.87. The van der Waals surface area contributed by atoms with Gasteiger partial charge in [0.05, 0.1) is 43.2 Å². The zero-order valence-corrected chi connectivity index (χ0v) is 30.0. The lowest BCUT2D eigenvalue weighted by atomic mass is 9.94. The number of aryl methyl sites for hydroxylation is 3. The summed E-state index contributed by atoms with van der Waals surface area (Å²) in [6.07, 6.45) is 1.78. The molecule has 0 radical (unpaired) electrons. The molecular weight excluding hydrogens is 644 g/mol. The number of aromatic nitrogens is 1. The normalized spacial score (nSPS) is 14.3. The van der Waals surface area contributed by atoms with Crippen molar-refractivity contribution < 1.29 is 33.2 Å². The van der Waals surface area contributed by atoms with Crippen LogP contribution in [0.4, 0.5) is 0 Å². The lowest BCUT2D eigenvalue weighted by molar-refractivity contribution is -0.140. The maximum atomic E-state index is 14.3. The molecule has 0 saturated heterocycles. The molecule has 0 bridgehead atoms. The fraction of sp³-hybridized carbons (Fsp3) is 0.342. The molecule has 0 saturated carbocycles. The average molecular weight is 687 g/mol. The van der Waals surface area contributed by atoms with E-state index in [4.69, 9.17) is 33.4 Å². The molecule has 0 aliphatic carbocycles. The largest absolute Gasteiger partial charge is 0.493 e. The van der Waals surface area contributed by atoms with Gasteiger partial charge in [0.25, 0.3) is 5.56 Å². The Labute approximate surface area is 289 Å². The molecule has 5 rings (SSSR count). The molecule has 258 valence electrons. The molecule has 1 aliphatic heterocycles. The highest BCUT2D eigenvalue weighted by atomic mass is 32.1. The van der Waals surface area contributed by atoms with E-state index in [0.29, 0.717) is 56.8 Å². The average Bonchev–Trinajstić information content (AvgIpc) is 3.37. The summed E-state index contributed by atoms with van der Waals surface area (Å²) in [5, 5.41) is 0. The number of fused-ring (bicyclic) bond motifs is 1. The van der Waals surface area contributed by atoms with Crippen LogP contribution in [-0.2, 0) is 20.9 Å². The van der Waals surface area contributed by atoms with E-state index in [0.717, 1.165) is 11.1 Å². The van der Waals surface area contributed by atoms with Gasteiger partial charge in [-0.2, -0.15) is 0 Å². The highest BCUT2D eigenvalue weighted by molar-refractivity contribution is 7.07. The Bertz CT molecular complexity index is 2050. The van der Waals surface area contributed by atoms with Crippen molar-refractivity contribution in [3.8, 4) is 23.0 Å². The maximum Gasteiger partial charge on any atom is 0.338 e. The first-order chi connectivity index (χ1) is 23.6. The number of nitrogens with zero attached hydrogens (tertiary/aromatic N) is 2. The number of methoxy groups -OCH3 is 3. The maximum absolute atomic E-state index is 14.3. The quantitative estimate of drug-likeness (QED) is 0.137. The van der Waals surface area contributed by atoms with E-state index in [-0.39, 0.29) is 24.3 Å². The number of thiazole rings is 1. The van der Waals surface area contributed by atoms with Gasteiger partial charge in [-0.25, -0.2) is 9.79 Å². The van der Waals surface area contributed by atoms with E-state index in [2.05, 4.69) is 32.9 Å². The molecule has 0 fully saturated rings. The highest BCUT2D eigenvalue weighted by Gasteiger charge is 2.36. The summed E-state index contributed by atoms with van der Waals surface area (Å²) < 4.78 is 36.1. The third kappa shape index (κ3) is 7.42. The summed E-state index contributed by atoms with van der Waals surface area (Å²) in [6, 6.07) is 14.3. The van der Waals surface area contributed by atoms with E-state index in [1.807, 2.05) is 31.2 Å². The van der Waals surface area contributed by atoms with Crippen LogP contribution in [0.2, 0.25) is 0 Å². The number of benzene rings is 3. The van der Waals surface area contributed by atoms with Gasteiger partial charge in [-0.3, -0.25) is 9.36 Å². The van der Waals surface area contributed by atoms with Crippen molar-refractivity contribution in [2.24, 2.45) is 4.99 Å². The Morgan fingerprint density at radius 3 is 2.33 bits per heavy atom. The minimum absolute atomic E-state index is 0.0471. The summed E-state index contributed by atoms with van der Waals surface area (Å²) in [6.45, 7) is 10.9. The van der Waals surface area contributed by atoms with Gasteiger partial charge in [0, 0.05) is 12.7 Å². The van der Waals surface area contributed by atoms with Gasteiger partial charge in [0.2, 0.25) is 0 Å². The number of hydrogen-bond acceptors (Lipinski definition) is 10. The fourth-order valence-electron chi connectivity index (χ4n) is 6.01. The van der Waals surface area contributed by atoms with Crippen molar-refractivity contribution >= 4 is 23.4 Å². The second-order valence-electron chi connectivity index (χ2n) is 11.6. The number of rotatable bonds is 13. The van der Waals surface area contributed by atoms with Gasteiger partial charge in [-0.05, 0) is 81.1 Å². The number of ether oxygens (including phenoxy) is 6. The summed E-state index contributed by atoms with van der Waals surface area (Å²) >= 11 is 1.23. The predicted molar refractivity (Wildman–Crippen MR) is 189 cm³/mol. The lowest BCUT2D eigenvalue weighted by Gasteiger charge is -2.27. The second kappa shape index (κ2) is 15.6. The number of para-hydroxylation sites is 1. The number of hydrogen-bond donors (Lipinski definition) is 0. The standard InChI is InChI=1S/C38H42N2O8S/c1-9-46-35-27(11-10-12-30(35)44-7)34-33(37(42)47-16-15-43-6)25(5)39-38-40(34)36(41)32(49-38)20-26-13-14-29(31(19-26)45-8)48-21-28-23(3)17-22(2)18-24(28)4/h10-14,17-20,34H,9,15-16,21H2,1-8H3/b32-20+/t34-/m1/s1. The third-order valence-electron chi connectivity index (χ3n) is 8.27. The van der Waals surface area contributed by atoms with Gasteiger partial charge in [0.1, 0.15) is 19.3 Å². The molecule has 10 nitrogen and oxygen atoms in total. The zero-order valence-electron chi connectivity index (χ0n) is 29.2. The Morgan fingerprint density at radius 1 is 0.918 bits per heavy atom. The van der Waals surface area contributed by atoms with Crippen molar-refractivity contribution in [1.29, 1.82) is 0 Å². The third-order valence-corrected chi connectivity index (χ3v) is 9.26. The van der Waals surface area contributed by atoms with Crippen molar-refractivity contribution in [1.82, 2.24) is 4.57 Å². The van der Waals surface area contributed by atoms with Gasteiger partial charge in [-0.1, -0.05) is 47.2 Å². The molecular formula is C38H42N2O8S. The molecule has 0 N–H and O–H groups in total. The van der Waals surface area contributed by atoms with Crippen LogP contribution < -0.4 is 33.8 Å². The van der Waals surface area contributed by atoms with Gasteiger partial charge in [-0.15, -0.1) is 0 Å². The highest BCUT2D eigenvalue weighted by Crippen LogP contribution is 2.41. The van der Waals surface area contributed by atoms with Crippen molar-refractivity contribution in [3.05, 3.63) is 113 Å². The molecule has 49 heavy (non-hydrogen) atoms. The first-order valence-electron chi connectivity index (χ1n) is 16.0. The van der Waals surface area contributed by atoms with Crippen molar-refractivity contribution in [2.75, 3.05) is 41.2 Å². The number of carbonyl (C=O) groups excluding carboxylic acids is 1. The zero-order chi connectivity index (χ0) is 35.2. The molecule has 0 unspecified atom stereocenters. The number of esters is 1. The summed E-state index contributed by atoms with van der Waals surface area (Å²) in [7, 11) is 4.66. The smallest absolute Gasteiger partial charge is 0.338 e. The molecule has 3 aromatic carbocycles. The van der Waals surface area contributed by atoms with E-state index in [1.165, 1.54) is 39.7 Å². The van der Waals surface area contributed by atoms with E-state index in [9.17, 15) is 9.59 Å². The summed E-state index contributed by atoms with van der Waals surface area (Å²) in [5.74, 6) is 1.44. The first kappa shape index (κ1) is 35.4. The Morgan fingerprint density at radius 2 is 1.65 bits per heavy atom. The minimum Gasteiger partial charge on any atom is -0.493 e. The predicted octanol–water partition coefficient (Wildman–Crippen LogP) is 5.34. The van der Waals surface area contributed by atoms with Crippen molar-refractivity contribution in [3.63, 3.8) is 0 Å². The molecule has 1 atom stereocenters. The van der Waals surface area contributed by atoms with Gasteiger partial charge in [0.15, 0.2) is 27.8 Å². The minimum atomic E-state index is -0.885. The SMILES string of the molecule is CCOc1c(OC)cccc1[C@@H]1C(C(=O)OCCOC)=C(C)N=c2s/c(=C/c3ccc(OCc4c(C)cc(C)cc4C)c(OC)c3)c(=O)n21. The molecule has 1 aromatic heterocycles. The van der Waals surface area contributed by atoms with E-state index >= 15 is 0 Å². The molecule has 0 spiro atoms. The first-order valence-corrected chi connectivity index (χ1v) is 16.8. The Balaban J connectivity index is 1.58. The van der Waals surface area contributed by atoms with Gasteiger partial charge < -0.3 is 28.4 Å². The fourth-order valence-corrected chi connectivity index (χ4v) is 7.06. The van der Waals surface area contributed by atoms with Crippen LogP contribution in [0.3, 0.4) is 0 Å².